The summed E-state index contributed by atoms with van der Waals surface area (Å²) in [5.74, 6) is -0.211. The molecule has 0 bridgehead atoms. The highest BCUT2D eigenvalue weighted by Gasteiger charge is 2.30. The fraction of sp³-hybridized carbons (Fsp3) is 0.111. The van der Waals surface area contributed by atoms with E-state index in [0.717, 1.165) is 12.1 Å². The van der Waals surface area contributed by atoms with Crippen LogP contribution in [-0.4, -0.2) is 13.0 Å². The van der Waals surface area contributed by atoms with Crippen molar-refractivity contribution in [3.63, 3.8) is 0 Å². The summed E-state index contributed by atoms with van der Waals surface area (Å²) in [4.78, 5) is 12.4. The SMILES string of the molecule is COc1ccc2oc(=N)c(C(=O)Nc3cccc(C(F)(F)F)c3)cc2c1. The zero-order valence-corrected chi connectivity index (χ0v) is 13.5. The number of hydrogen-bond donors (Lipinski definition) is 2. The van der Waals surface area contributed by atoms with Gasteiger partial charge in [0.15, 0.2) is 0 Å². The summed E-state index contributed by atoms with van der Waals surface area (Å²) in [7, 11) is 1.48. The van der Waals surface area contributed by atoms with Crippen molar-refractivity contribution in [3.05, 3.63) is 65.2 Å². The standard InChI is InChI=1S/C18H13F3N2O3/c1-25-13-5-6-15-10(7-13)8-14(16(22)26-15)17(24)23-12-4-2-3-11(9-12)18(19,20)21/h2-9,22H,1H3,(H,23,24). The van der Waals surface area contributed by atoms with E-state index < -0.39 is 23.2 Å². The largest absolute Gasteiger partial charge is 0.497 e. The second kappa shape index (κ2) is 6.55. The molecule has 0 fully saturated rings. The van der Waals surface area contributed by atoms with Crippen LogP contribution >= 0.6 is 0 Å². The molecule has 0 saturated heterocycles. The lowest BCUT2D eigenvalue weighted by atomic mass is 10.1. The van der Waals surface area contributed by atoms with Crippen molar-refractivity contribution in [1.29, 1.82) is 5.41 Å². The molecule has 1 amide bonds. The van der Waals surface area contributed by atoms with Gasteiger partial charge in [-0.2, -0.15) is 13.2 Å². The lowest BCUT2D eigenvalue weighted by Crippen LogP contribution is -2.21. The van der Waals surface area contributed by atoms with Gasteiger partial charge in [-0.3, -0.25) is 10.2 Å². The second-order valence-corrected chi connectivity index (χ2v) is 5.43. The smallest absolute Gasteiger partial charge is 0.416 e. The number of anilines is 1. The van der Waals surface area contributed by atoms with Crippen LogP contribution in [0.25, 0.3) is 11.0 Å². The van der Waals surface area contributed by atoms with Crippen LogP contribution in [-0.2, 0) is 6.18 Å². The fourth-order valence-electron chi connectivity index (χ4n) is 2.39. The molecule has 0 aliphatic rings. The third-order valence-corrected chi connectivity index (χ3v) is 3.67. The molecular formula is C18H13F3N2O3. The van der Waals surface area contributed by atoms with Gasteiger partial charge >= 0.3 is 6.18 Å². The zero-order valence-electron chi connectivity index (χ0n) is 13.5. The molecule has 0 saturated carbocycles. The third-order valence-electron chi connectivity index (χ3n) is 3.67. The number of methoxy groups -OCH3 is 1. The van der Waals surface area contributed by atoms with Gasteiger partial charge in [0.25, 0.3) is 5.91 Å². The topological polar surface area (TPSA) is 75.3 Å². The monoisotopic (exact) mass is 362 g/mol. The van der Waals surface area contributed by atoms with Crippen LogP contribution in [0.1, 0.15) is 15.9 Å². The first kappa shape index (κ1) is 17.5. The van der Waals surface area contributed by atoms with Crippen LogP contribution in [0.2, 0.25) is 0 Å². The van der Waals surface area contributed by atoms with Crippen molar-refractivity contribution in [3.8, 4) is 5.75 Å². The van der Waals surface area contributed by atoms with Gasteiger partial charge in [0.2, 0.25) is 5.55 Å². The summed E-state index contributed by atoms with van der Waals surface area (Å²) in [5.41, 5.74) is -1.04. The molecule has 3 aromatic rings. The lowest BCUT2D eigenvalue weighted by Gasteiger charge is -2.10. The second-order valence-electron chi connectivity index (χ2n) is 5.43. The summed E-state index contributed by atoms with van der Waals surface area (Å²) in [6, 6.07) is 10.5. The Bertz CT molecular complexity index is 1040. The van der Waals surface area contributed by atoms with Crippen LogP contribution in [0, 0.1) is 5.41 Å². The summed E-state index contributed by atoms with van der Waals surface area (Å²) in [6.45, 7) is 0. The van der Waals surface area contributed by atoms with Gasteiger partial charge in [0, 0.05) is 11.1 Å². The van der Waals surface area contributed by atoms with E-state index in [0.29, 0.717) is 16.7 Å². The highest BCUT2D eigenvalue weighted by Crippen LogP contribution is 2.30. The Kier molecular flexibility index (Phi) is 4.41. The lowest BCUT2D eigenvalue weighted by molar-refractivity contribution is -0.137. The normalized spacial score (nSPS) is 11.4. The van der Waals surface area contributed by atoms with Gasteiger partial charge in [-0.05, 0) is 42.5 Å². The molecule has 134 valence electrons. The fourth-order valence-corrected chi connectivity index (χ4v) is 2.39. The van der Waals surface area contributed by atoms with Gasteiger partial charge in [0.1, 0.15) is 16.9 Å². The zero-order chi connectivity index (χ0) is 18.9. The van der Waals surface area contributed by atoms with Gasteiger partial charge < -0.3 is 14.5 Å². The Morgan fingerprint density at radius 3 is 2.62 bits per heavy atom. The van der Waals surface area contributed by atoms with Crippen LogP contribution < -0.4 is 15.6 Å². The highest BCUT2D eigenvalue weighted by molar-refractivity contribution is 6.05. The van der Waals surface area contributed by atoms with E-state index in [9.17, 15) is 18.0 Å². The summed E-state index contributed by atoms with van der Waals surface area (Å²) in [5, 5.41) is 10.7. The average molecular weight is 362 g/mol. The third kappa shape index (κ3) is 3.53. The molecule has 1 heterocycles. The first-order valence-electron chi connectivity index (χ1n) is 7.43. The number of benzene rings is 2. The van der Waals surface area contributed by atoms with Crippen molar-refractivity contribution in [2.75, 3.05) is 12.4 Å². The molecule has 8 heteroatoms. The Morgan fingerprint density at radius 1 is 1.15 bits per heavy atom. The van der Waals surface area contributed by atoms with E-state index in [-0.39, 0.29) is 11.3 Å². The molecule has 0 spiro atoms. The van der Waals surface area contributed by atoms with Crippen molar-refractivity contribution in [2.24, 2.45) is 0 Å². The molecule has 26 heavy (non-hydrogen) atoms. The summed E-state index contributed by atoms with van der Waals surface area (Å²) in [6.07, 6.45) is -4.52. The van der Waals surface area contributed by atoms with E-state index in [4.69, 9.17) is 14.6 Å². The molecule has 0 atom stereocenters. The molecule has 0 radical (unpaired) electrons. The van der Waals surface area contributed by atoms with Crippen LogP contribution in [0.15, 0.2) is 52.9 Å². The molecule has 1 aromatic heterocycles. The van der Waals surface area contributed by atoms with Gasteiger partial charge in [-0.1, -0.05) is 6.07 Å². The maximum atomic E-state index is 12.8. The maximum Gasteiger partial charge on any atom is 0.416 e. The van der Waals surface area contributed by atoms with E-state index in [1.807, 2.05) is 0 Å². The first-order chi connectivity index (χ1) is 12.3. The predicted octanol–water partition coefficient (Wildman–Crippen LogP) is 4.19. The molecule has 0 aliphatic heterocycles. The molecule has 5 nitrogen and oxygen atoms in total. The average Bonchev–Trinajstić information content (AvgIpc) is 2.60. The number of carbonyl (C=O) groups excluding carboxylic acids is 1. The number of hydrogen-bond acceptors (Lipinski definition) is 4. The molecule has 2 aromatic carbocycles. The molecule has 2 N–H and O–H groups in total. The number of nitrogens with one attached hydrogen (secondary N) is 2. The predicted molar refractivity (Wildman–Crippen MR) is 88.0 cm³/mol. The van der Waals surface area contributed by atoms with Crippen LogP contribution in [0.4, 0.5) is 18.9 Å². The summed E-state index contributed by atoms with van der Waals surface area (Å²) < 4.78 is 48.7. The minimum Gasteiger partial charge on any atom is -0.497 e. The molecule has 0 unspecified atom stereocenters. The van der Waals surface area contributed by atoms with E-state index in [1.165, 1.54) is 25.3 Å². The van der Waals surface area contributed by atoms with Gasteiger partial charge in [-0.15, -0.1) is 0 Å². The van der Waals surface area contributed by atoms with E-state index >= 15 is 0 Å². The maximum absolute atomic E-state index is 12.8. The van der Waals surface area contributed by atoms with Crippen LogP contribution in [0.5, 0.6) is 5.75 Å². The van der Waals surface area contributed by atoms with Crippen molar-refractivity contribution in [2.45, 2.75) is 6.18 Å². The number of ether oxygens (including phenoxy) is 1. The minimum atomic E-state index is -4.52. The van der Waals surface area contributed by atoms with Gasteiger partial charge in [0.05, 0.1) is 12.7 Å². The summed E-state index contributed by atoms with van der Waals surface area (Å²) >= 11 is 0. The van der Waals surface area contributed by atoms with Crippen molar-refractivity contribution >= 4 is 22.6 Å². The number of halogens is 3. The van der Waals surface area contributed by atoms with E-state index in [1.54, 1.807) is 18.2 Å². The Balaban J connectivity index is 1.95. The molecule has 0 aliphatic carbocycles. The quantitative estimate of drug-likeness (QED) is 0.734. The Labute approximate surface area is 145 Å². The van der Waals surface area contributed by atoms with Crippen molar-refractivity contribution in [1.82, 2.24) is 0 Å². The minimum absolute atomic E-state index is 0.0324. The Morgan fingerprint density at radius 2 is 1.92 bits per heavy atom. The van der Waals surface area contributed by atoms with E-state index in [2.05, 4.69) is 5.32 Å². The Hall–Kier alpha value is -3.29. The number of fused-ring (bicyclic) bond motifs is 1. The van der Waals surface area contributed by atoms with Crippen molar-refractivity contribution < 1.29 is 27.1 Å². The molecule has 3 rings (SSSR count). The van der Waals surface area contributed by atoms with Crippen LogP contribution in [0.3, 0.4) is 0 Å². The number of carbonyl (C=O) groups is 1. The molecular weight excluding hydrogens is 349 g/mol. The van der Waals surface area contributed by atoms with Gasteiger partial charge in [-0.25, -0.2) is 0 Å². The number of amides is 1. The number of rotatable bonds is 3. The number of alkyl halides is 3. The highest BCUT2D eigenvalue weighted by atomic mass is 19.4. The first-order valence-corrected chi connectivity index (χ1v) is 7.43.